The van der Waals surface area contributed by atoms with Crippen molar-refractivity contribution in [2.45, 2.75) is 40.5 Å². The average Bonchev–Trinajstić information content (AvgIpc) is 3.38. The van der Waals surface area contributed by atoms with Crippen molar-refractivity contribution in [3.05, 3.63) is 120 Å². The fourth-order valence-electron chi connectivity index (χ4n) is 2.32. The molecule has 0 fully saturated rings. The molecule has 1 aromatic carbocycles. The quantitative estimate of drug-likeness (QED) is 0.263. The Balaban J connectivity index is 0.000000492. The minimum Gasteiger partial charge on any atom is -0.501 e. The first-order chi connectivity index (χ1) is 16.5. The average molecular weight is 482 g/mol. The monoisotopic (exact) mass is 481 g/mol. The molecule has 0 radical (unpaired) electrons. The van der Waals surface area contributed by atoms with Crippen molar-refractivity contribution < 1.29 is 9.47 Å². The Labute approximate surface area is 212 Å². The number of hydrogen-bond acceptors (Lipinski definition) is 2. The van der Waals surface area contributed by atoms with Gasteiger partial charge in [-0.1, -0.05) is 68.0 Å². The third-order valence-corrected chi connectivity index (χ3v) is 4.51. The molecule has 0 aliphatic carbocycles. The van der Waals surface area contributed by atoms with E-state index in [0.717, 1.165) is 29.4 Å². The summed E-state index contributed by atoms with van der Waals surface area (Å²) in [6.07, 6.45) is 25.5. The lowest BCUT2D eigenvalue weighted by molar-refractivity contribution is 0.294. The van der Waals surface area contributed by atoms with Gasteiger partial charge in [0.05, 0.1) is 20.0 Å². The molecule has 1 heterocycles. The van der Waals surface area contributed by atoms with Gasteiger partial charge in [-0.15, -0.1) is 0 Å². The molecule has 0 bridgehead atoms. The Morgan fingerprint density at radius 2 is 1.71 bits per heavy atom. The molecular weight excluding hydrogens is 442 g/mol. The third-order valence-electron chi connectivity index (χ3n) is 4.26. The minimum atomic E-state index is 0.771. The second-order valence-corrected chi connectivity index (χ2v) is 7.37. The van der Waals surface area contributed by atoms with Gasteiger partial charge in [-0.2, -0.15) is 0 Å². The van der Waals surface area contributed by atoms with Crippen LogP contribution in [-0.2, 0) is 11.2 Å². The van der Waals surface area contributed by atoms with Crippen LogP contribution in [0.5, 0.6) is 5.75 Å². The van der Waals surface area contributed by atoms with Gasteiger partial charge >= 0.3 is 0 Å². The molecule has 0 aliphatic rings. The van der Waals surface area contributed by atoms with Crippen molar-refractivity contribution in [1.29, 1.82) is 0 Å². The van der Waals surface area contributed by atoms with Gasteiger partial charge in [0.25, 0.3) is 0 Å². The topological polar surface area (TPSA) is 23.4 Å². The molecule has 0 aliphatic heterocycles. The standard InChI is InChI=1S/C12H15NO.C9H13Cl.C9H12O/c1-12(14-2)8-4-3-5-9-13-10-6-7-11-13;1-3-5-6-8-9(10)7-4-2;1-3-8-5-4-6-9(7-8)10-2/h3-11H,1-2H3;4-8H,3H2,1-2H3;4-7H,3H2,1-2H3/b4-3-,9-5+,12-8+;6-5+,7-4-,9-8+;. The lowest BCUT2D eigenvalue weighted by atomic mass is 10.2. The molecule has 2 aromatic rings. The lowest BCUT2D eigenvalue weighted by Gasteiger charge is -2.00. The molecule has 0 N–H and O–H groups in total. The molecule has 0 saturated heterocycles. The van der Waals surface area contributed by atoms with E-state index in [-0.39, 0.29) is 0 Å². The molecule has 34 heavy (non-hydrogen) atoms. The van der Waals surface area contributed by atoms with E-state index < -0.39 is 0 Å². The van der Waals surface area contributed by atoms with Crippen LogP contribution >= 0.6 is 11.6 Å². The summed E-state index contributed by atoms with van der Waals surface area (Å²) in [6, 6.07) is 12.1. The molecule has 1 aromatic heterocycles. The maximum Gasteiger partial charge on any atom is 0.119 e. The van der Waals surface area contributed by atoms with Gasteiger partial charge in [0.1, 0.15) is 5.75 Å². The van der Waals surface area contributed by atoms with Crippen LogP contribution in [0.3, 0.4) is 0 Å². The van der Waals surface area contributed by atoms with Crippen LogP contribution < -0.4 is 4.74 Å². The van der Waals surface area contributed by atoms with Crippen molar-refractivity contribution in [1.82, 2.24) is 4.57 Å². The lowest BCUT2D eigenvalue weighted by Crippen LogP contribution is -1.84. The third kappa shape index (κ3) is 17.4. The first-order valence-electron chi connectivity index (χ1n) is 11.5. The molecule has 2 rings (SSSR count). The van der Waals surface area contributed by atoms with Gasteiger partial charge in [-0.05, 0) is 80.8 Å². The van der Waals surface area contributed by atoms with Crippen molar-refractivity contribution in [3.8, 4) is 5.75 Å². The number of nitrogens with zero attached hydrogens (tertiary/aromatic N) is 1. The summed E-state index contributed by atoms with van der Waals surface area (Å²) < 4.78 is 12.0. The van der Waals surface area contributed by atoms with Gasteiger partial charge in [-0.3, -0.25) is 0 Å². The number of aryl methyl sites for hydroxylation is 1. The largest absolute Gasteiger partial charge is 0.501 e. The number of halogens is 1. The number of methoxy groups -OCH3 is 2. The van der Waals surface area contributed by atoms with Crippen molar-refractivity contribution in [2.75, 3.05) is 14.2 Å². The summed E-state index contributed by atoms with van der Waals surface area (Å²) in [5, 5.41) is 0.771. The zero-order valence-electron chi connectivity index (χ0n) is 21.4. The first kappa shape index (κ1) is 30.8. The number of rotatable bonds is 9. The molecule has 4 heteroatoms. The maximum atomic E-state index is 5.74. The molecule has 0 amide bonds. The minimum absolute atomic E-state index is 0.771. The Morgan fingerprint density at radius 1 is 0.971 bits per heavy atom. The van der Waals surface area contributed by atoms with Gasteiger partial charge < -0.3 is 14.0 Å². The molecular formula is C30H40ClNO2. The SMILES string of the molecule is CCc1cccc(OC)c1.CO/C(C)=C/C=C\C=C\n1cccc1.C\C=C/C(Cl)=C\C=C\CC. The van der Waals surface area contributed by atoms with E-state index in [0.29, 0.717) is 0 Å². The van der Waals surface area contributed by atoms with E-state index in [9.17, 15) is 0 Å². The van der Waals surface area contributed by atoms with Gasteiger partial charge in [0, 0.05) is 23.6 Å². The Kier molecular flexibility index (Phi) is 19.6. The number of ether oxygens (including phenoxy) is 2. The Hall–Kier alpha value is -3.17. The van der Waals surface area contributed by atoms with Crippen LogP contribution in [0.25, 0.3) is 6.20 Å². The summed E-state index contributed by atoms with van der Waals surface area (Å²) in [7, 11) is 3.35. The van der Waals surface area contributed by atoms with E-state index >= 15 is 0 Å². The highest BCUT2D eigenvalue weighted by molar-refractivity contribution is 6.31. The molecule has 184 valence electrons. The summed E-state index contributed by atoms with van der Waals surface area (Å²) in [5.41, 5.74) is 1.32. The van der Waals surface area contributed by atoms with Crippen LogP contribution in [-0.4, -0.2) is 18.8 Å². The Bertz CT molecular complexity index is 913. The van der Waals surface area contributed by atoms with Crippen LogP contribution in [0.15, 0.2) is 114 Å². The zero-order chi connectivity index (χ0) is 25.4. The number of aromatic nitrogens is 1. The van der Waals surface area contributed by atoms with E-state index in [1.807, 2.05) is 110 Å². The van der Waals surface area contributed by atoms with E-state index in [1.54, 1.807) is 14.2 Å². The van der Waals surface area contributed by atoms with Gasteiger partial charge in [0.15, 0.2) is 0 Å². The normalized spacial score (nSPS) is 12.1. The summed E-state index contributed by atoms with van der Waals surface area (Å²) >= 11 is 5.74. The van der Waals surface area contributed by atoms with Crippen molar-refractivity contribution in [3.63, 3.8) is 0 Å². The van der Waals surface area contributed by atoms with E-state index in [1.165, 1.54) is 5.56 Å². The molecule has 0 saturated carbocycles. The predicted molar refractivity (Wildman–Crippen MR) is 150 cm³/mol. The van der Waals surface area contributed by atoms with Crippen molar-refractivity contribution in [2.24, 2.45) is 0 Å². The second-order valence-electron chi connectivity index (χ2n) is 6.93. The van der Waals surface area contributed by atoms with E-state index in [4.69, 9.17) is 21.1 Å². The van der Waals surface area contributed by atoms with Crippen LogP contribution in [0.4, 0.5) is 0 Å². The Morgan fingerprint density at radius 3 is 2.29 bits per heavy atom. The number of hydrogen-bond donors (Lipinski definition) is 0. The number of allylic oxidation sites excluding steroid dienone is 11. The summed E-state index contributed by atoms with van der Waals surface area (Å²) in [4.78, 5) is 0. The molecule has 0 atom stereocenters. The zero-order valence-corrected chi connectivity index (χ0v) is 22.2. The van der Waals surface area contributed by atoms with E-state index in [2.05, 4.69) is 32.1 Å². The van der Waals surface area contributed by atoms with Crippen molar-refractivity contribution >= 4 is 17.8 Å². The molecule has 0 unspecified atom stereocenters. The highest BCUT2D eigenvalue weighted by Crippen LogP contribution is 2.12. The maximum absolute atomic E-state index is 5.74. The number of benzene rings is 1. The van der Waals surface area contributed by atoms with Crippen LogP contribution in [0.1, 0.15) is 39.7 Å². The summed E-state index contributed by atoms with van der Waals surface area (Å²) in [5.74, 6) is 1.84. The second kappa shape index (κ2) is 21.7. The fourth-order valence-corrected chi connectivity index (χ4v) is 2.52. The first-order valence-corrected chi connectivity index (χ1v) is 11.8. The van der Waals surface area contributed by atoms with Gasteiger partial charge in [0.2, 0.25) is 0 Å². The summed E-state index contributed by atoms with van der Waals surface area (Å²) in [6.45, 7) is 8.09. The van der Waals surface area contributed by atoms with Crippen LogP contribution in [0.2, 0.25) is 0 Å². The highest BCUT2D eigenvalue weighted by atomic mass is 35.5. The molecule has 0 spiro atoms. The predicted octanol–water partition coefficient (Wildman–Crippen LogP) is 8.97. The van der Waals surface area contributed by atoms with Crippen LogP contribution in [0, 0.1) is 0 Å². The highest BCUT2D eigenvalue weighted by Gasteiger charge is 1.90. The van der Waals surface area contributed by atoms with Gasteiger partial charge in [-0.25, -0.2) is 0 Å². The fraction of sp³-hybridized carbons (Fsp3) is 0.267. The smallest absolute Gasteiger partial charge is 0.119 e. The molecule has 3 nitrogen and oxygen atoms in total.